The van der Waals surface area contributed by atoms with Crippen molar-refractivity contribution in [3.05, 3.63) is 35.8 Å². The molecule has 2 heterocycles. The van der Waals surface area contributed by atoms with Gasteiger partial charge in [0.05, 0.1) is 13.2 Å². The van der Waals surface area contributed by atoms with Crippen molar-refractivity contribution in [3.63, 3.8) is 0 Å². The van der Waals surface area contributed by atoms with Crippen LogP contribution < -0.4 is 5.32 Å². The molecule has 0 fully saturated rings. The van der Waals surface area contributed by atoms with Crippen molar-refractivity contribution < 1.29 is 13.9 Å². The van der Waals surface area contributed by atoms with E-state index in [1.807, 2.05) is 14.0 Å². The van der Waals surface area contributed by atoms with E-state index in [0.29, 0.717) is 5.76 Å². The van der Waals surface area contributed by atoms with E-state index in [2.05, 4.69) is 20.1 Å². The highest BCUT2D eigenvalue weighted by Crippen LogP contribution is 2.16. The lowest BCUT2D eigenvalue weighted by atomic mass is 10.2. The number of nitrogens with zero attached hydrogens (tertiary/aromatic N) is 3. The molecule has 20 heavy (non-hydrogen) atoms. The molecule has 0 aliphatic carbocycles. The Bertz CT molecular complexity index is 576. The standard InChI is InChI=1S/C13H18N4O3/c1-9(10-4-5-11(20-10)13(18)19-3)14-7-6-12-15-8-17(2)16-12/h4-5,8-9,14H,6-7H2,1-3H3. The van der Waals surface area contributed by atoms with Crippen LogP contribution in [0, 0.1) is 0 Å². The summed E-state index contributed by atoms with van der Waals surface area (Å²) in [6.07, 6.45) is 2.41. The number of carbonyl (C=O) groups is 1. The molecule has 0 amide bonds. The van der Waals surface area contributed by atoms with E-state index < -0.39 is 5.97 Å². The topological polar surface area (TPSA) is 82.2 Å². The van der Waals surface area contributed by atoms with Crippen LogP contribution in [0.5, 0.6) is 0 Å². The van der Waals surface area contributed by atoms with Gasteiger partial charge in [0.2, 0.25) is 5.76 Å². The summed E-state index contributed by atoms with van der Waals surface area (Å²) < 4.78 is 11.7. The summed E-state index contributed by atoms with van der Waals surface area (Å²) in [7, 11) is 3.16. The highest BCUT2D eigenvalue weighted by atomic mass is 16.5. The number of methoxy groups -OCH3 is 1. The van der Waals surface area contributed by atoms with Gasteiger partial charge in [0.15, 0.2) is 5.82 Å². The number of aromatic nitrogens is 3. The molecule has 1 N–H and O–H groups in total. The van der Waals surface area contributed by atoms with E-state index in [0.717, 1.165) is 18.8 Å². The zero-order valence-corrected chi connectivity index (χ0v) is 11.8. The predicted octanol–water partition coefficient (Wildman–Crippen LogP) is 1.09. The van der Waals surface area contributed by atoms with Crippen molar-refractivity contribution in [2.75, 3.05) is 13.7 Å². The molecule has 0 aliphatic heterocycles. The first kappa shape index (κ1) is 14.3. The van der Waals surface area contributed by atoms with Crippen molar-refractivity contribution >= 4 is 5.97 Å². The van der Waals surface area contributed by atoms with Gasteiger partial charge in [-0.05, 0) is 19.1 Å². The third kappa shape index (κ3) is 3.45. The summed E-state index contributed by atoms with van der Waals surface area (Å²) in [5.41, 5.74) is 0. The van der Waals surface area contributed by atoms with E-state index in [9.17, 15) is 4.79 Å². The van der Waals surface area contributed by atoms with Crippen LogP contribution in [-0.2, 0) is 18.2 Å². The van der Waals surface area contributed by atoms with Crippen molar-refractivity contribution in [3.8, 4) is 0 Å². The average Bonchev–Trinajstić information content (AvgIpc) is 3.07. The Morgan fingerprint density at radius 3 is 3.00 bits per heavy atom. The van der Waals surface area contributed by atoms with Crippen LogP contribution in [0.3, 0.4) is 0 Å². The summed E-state index contributed by atoms with van der Waals surface area (Å²) in [5.74, 6) is 1.23. The molecule has 1 atom stereocenters. The largest absolute Gasteiger partial charge is 0.463 e. The average molecular weight is 278 g/mol. The fourth-order valence-electron chi connectivity index (χ4n) is 1.80. The number of aryl methyl sites for hydroxylation is 1. The van der Waals surface area contributed by atoms with Gasteiger partial charge in [-0.2, -0.15) is 5.10 Å². The van der Waals surface area contributed by atoms with Gasteiger partial charge in [-0.25, -0.2) is 9.78 Å². The molecule has 0 saturated heterocycles. The molecule has 7 heteroatoms. The minimum Gasteiger partial charge on any atom is -0.463 e. The third-order valence-electron chi connectivity index (χ3n) is 2.89. The van der Waals surface area contributed by atoms with Gasteiger partial charge in [-0.1, -0.05) is 0 Å². The Balaban J connectivity index is 1.83. The van der Waals surface area contributed by atoms with Crippen molar-refractivity contribution in [1.82, 2.24) is 20.1 Å². The molecule has 1 unspecified atom stereocenters. The SMILES string of the molecule is COC(=O)c1ccc(C(C)NCCc2ncn(C)n2)o1. The number of esters is 1. The van der Waals surface area contributed by atoms with Crippen LogP contribution in [0.15, 0.2) is 22.9 Å². The molecule has 0 aromatic carbocycles. The molecule has 7 nitrogen and oxygen atoms in total. The monoisotopic (exact) mass is 278 g/mol. The van der Waals surface area contributed by atoms with Crippen LogP contribution in [0.2, 0.25) is 0 Å². The molecule has 0 spiro atoms. The lowest BCUT2D eigenvalue weighted by Gasteiger charge is -2.10. The summed E-state index contributed by atoms with van der Waals surface area (Å²) in [5, 5.41) is 7.49. The number of nitrogens with one attached hydrogen (secondary N) is 1. The van der Waals surface area contributed by atoms with Gasteiger partial charge in [-0.3, -0.25) is 4.68 Å². The third-order valence-corrected chi connectivity index (χ3v) is 2.89. The maximum atomic E-state index is 11.3. The number of carbonyl (C=O) groups excluding carboxylic acids is 1. The van der Waals surface area contributed by atoms with Crippen LogP contribution >= 0.6 is 0 Å². The number of rotatable bonds is 6. The maximum absolute atomic E-state index is 11.3. The first-order valence-electron chi connectivity index (χ1n) is 6.36. The molecular formula is C13H18N4O3. The number of hydrogen-bond donors (Lipinski definition) is 1. The minimum atomic E-state index is -0.471. The van der Waals surface area contributed by atoms with Crippen molar-refractivity contribution in [1.29, 1.82) is 0 Å². The van der Waals surface area contributed by atoms with Crippen LogP contribution in [0.1, 0.15) is 35.1 Å². The molecule has 108 valence electrons. The Morgan fingerprint density at radius 1 is 1.55 bits per heavy atom. The quantitative estimate of drug-likeness (QED) is 0.796. The Labute approximate surface area is 116 Å². The zero-order chi connectivity index (χ0) is 14.5. The van der Waals surface area contributed by atoms with Gasteiger partial charge in [0, 0.05) is 20.0 Å². The second-order valence-corrected chi connectivity index (χ2v) is 4.45. The normalized spacial score (nSPS) is 12.3. The van der Waals surface area contributed by atoms with E-state index in [1.54, 1.807) is 23.1 Å². The van der Waals surface area contributed by atoms with Gasteiger partial charge in [-0.15, -0.1) is 0 Å². The zero-order valence-electron chi connectivity index (χ0n) is 11.8. The van der Waals surface area contributed by atoms with Crippen LogP contribution in [0.25, 0.3) is 0 Å². The first-order chi connectivity index (χ1) is 9.60. The van der Waals surface area contributed by atoms with Crippen molar-refractivity contribution in [2.24, 2.45) is 7.05 Å². The van der Waals surface area contributed by atoms with Crippen LogP contribution in [0.4, 0.5) is 0 Å². The molecule has 2 aromatic heterocycles. The summed E-state index contributed by atoms with van der Waals surface area (Å²) in [6.45, 7) is 2.69. The van der Waals surface area contributed by atoms with E-state index >= 15 is 0 Å². The van der Waals surface area contributed by atoms with Gasteiger partial charge in [0.1, 0.15) is 12.1 Å². The Kier molecular flexibility index (Phi) is 4.52. The van der Waals surface area contributed by atoms with Gasteiger partial charge < -0.3 is 14.5 Å². The van der Waals surface area contributed by atoms with E-state index in [4.69, 9.17) is 4.42 Å². The minimum absolute atomic E-state index is 0.00267. The maximum Gasteiger partial charge on any atom is 0.373 e. The fraction of sp³-hybridized carbons (Fsp3) is 0.462. The van der Waals surface area contributed by atoms with E-state index in [-0.39, 0.29) is 11.8 Å². The molecule has 2 rings (SSSR count). The first-order valence-corrected chi connectivity index (χ1v) is 6.36. The lowest BCUT2D eigenvalue weighted by Crippen LogP contribution is -2.21. The second kappa shape index (κ2) is 6.33. The smallest absolute Gasteiger partial charge is 0.373 e. The number of hydrogen-bond acceptors (Lipinski definition) is 6. The Hall–Kier alpha value is -2.15. The number of furan rings is 1. The lowest BCUT2D eigenvalue weighted by molar-refractivity contribution is 0.0562. The van der Waals surface area contributed by atoms with Crippen LogP contribution in [-0.4, -0.2) is 34.4 Å². The molecule has 0 bridgehead atoms. The highest BCUT2D eigenvalue weighted by molar-refractivity contribution is 5.86. The van der Waals surface area contributed by atoms with E-state index in [1.165, 1.54) is 7.11 Å². The molecule has 2 aromatic rings. The molecule has 0 saturated carbocycles. The summed E-state index contributed by atoms with van der Waals surface area (Å²) >= 11 is 0. The highest BCUT2D eigenvalue weighted by Gasteiger charge is 2.15. The van der Waals surface area contributed by atoms with Crippen molar-refractivity contribution in [2.45, 2.75) is 19.4 Å². The summed E-state index contributed by atoms with van der Waals surface area (Å²) in [4.78, 5) is 15.4. The molecule has 0 radical (unpaired) electrons. The summed E-state index contributed by atoms with van der Waals surface area (Å²) in [6, 6.07) is 3.37. The number of ether oxygens (including phenoxy) is 1. The molecular weight excluding hydrogens is 260 g/mol. The molecule has 0 aliphatic rings. The predicted molar refractivity (Wildman–Crippen MR) is 71.2 cm³/mol. The fourth-order valence-corrected chi connectivity index (χ4v) is 1.80. The van der Waals surface area contributed by atoms with Gasteiger partial charge >= 0.3 is 5.97 Å². The second-order valence-electron chi connectivity index (χ2n) is 4.45. The Morgan fingerprint density at radius 2 is 2.35 bits per heavy atom. The van der Waals surface area contributed by atoms with Gasteiger partial charge in [0.25, 0.3) is 0 Å².